The van der Waals surface area contributed by atoms with E-state index in [9.17, 15) is 4.79 Å². The molecule has 0 saturated heterocycles. The molecular weight excluding hydrogens is 354 g/mol. The van der Waals surface area contributed by atoms with Gasteiger partial charge in [0.15, 0.2) is 17.3 Å². The number of aryl methyl sites for hydroxylation is 2. The van der Waals surface area contributed by atoms with E-state index in [1.165, 1.54) is 0 Å². The summed E-state index contributed by atoms with van der Waals surface area (Å²) in [4.78, 5) is 12.8. The van der Waals surface area contributed by atoms with Gasteiger partial charge >= 0.3 is 0 Å². The quantitative estimate of drug-likeness (QED) is 0.626. The van der Waals surface area contributed by atoms with Crippen LogP contribution in [-0.2, 0) is 0 Å². The van der Waals surface area contributed by atoms with Gasteiger partial charge in [0.25, 0.3) is 5.91 Å². The molecule has 1 N–H and O–H groups in total. The molecule has 28 heavy (non-hydrogen) atoms. The number of furan rings is 1. The molecule has 0 saturated carbocycles. The number of fused-ring (bicyclic) bond motifs is 1. The topological polar surface area (TPSA) is 60.7 Å². The molecule has 1 heterocycles. The Morgan fingerprint density at radius 3 is 2.46 bits per heavy atom. The number of rotatable bonds is 6. The zero-order valence-electron chi connectivity index (χ0n) is 17.3. The molecule has 3 rings (SSSR count). The third-order valence-electron chi connectivity index (χ3n) is 4.76. The van der Waals surface area contributed by atoms with Gasteiger partial charge in [-0.3, -0.25) is 4.79 Å². The first-order valence-corrected chi connectivity index (χ1v) is 9.46. The van der Waals surface area contributed by atoms with E-state index in [2.05, 4.69) is 5.32 Å². The molecule has 1 atom stereocenters. The fourth-order valence-corrected chi connectivity index (χ4v) is 3.25. The van der Waals surface area contributed by atoms with Crippen LogP contribution < -0.4 is 14.8 Å². The van der Waals surface area contributed by atoms with Crippen LogP contribution in [-0.4, -0.2) is 19.1 Å². The molecule has 0 aliphatic carbocycles. The van der Waals surface area contributed by atoms with Gasteiger partial charge in [-0.05, 0) is 57.9 Å². The standard InChI is InChI=1S/C23H27NO4/c1-13(2)27-19-11-10-17(12-20(19)26-6)16(5)24-23(25)22-15(4)18-9-7-8-14(3)21(18)28-22/h7-13,16H,1-6H3,(H,24,25). The molecule has 2 aromatic carbocycles. The van der Waals surface area contributed by atoms with E-state index in [4.69, 9.17) is 13.9 Å². The summed E-state index contributed by atoms with van der Waals surface area (Å²) in [5, 5.41) is 3.98. The Morgan fingerprint density at radius 2 is 1.82 bits per heavy atom. The highest BCUT2D eigenvalue weighted by atomic mass is 16.5. The molecule has 5 heteroatoms. The van der Waals surface area contributed by atoms with Gasteiger partial charge in [-0.25, -0.2) is 0 Å². The van der Waals surface area contributed by atoms with Crippen LogP contribution in [0.4, 0.5) is 0 Å². The van der Waals surface area contributed by atoms with Gasteiger partial charge in [0, 0.05) is 10.9 Å². The predicted octanol–water partition coefficient (Wildman–Crippen LogP) is 5.34. The van der Waals surface area contributed by atoms with Crippen molar-refractivity contribution in [1.29, 1.82) is 0 Å². The summed E-state index contributed by atoms with van der Waals surface area (Å²) in [5.74, 6) is 1.44. The monoisotopic (exact) mass is 381 g/mol. The van der Waals surface area contributed by atoms with Crippen LogP contribution in [0.2, 0.25) is 0 Å². The highest BCUT2D eigenvalue weighted by Crippen LogP contribution is 2.32. The summed E-state index contributed by atoms with van der Waals surface area (Å²) < 4.78 is 17.1. The molecule has 0 aliphatic heterocycles. The first kappa shape index (κ1) is 19.8. The lowest BCUT2D eigenvalue weighted by atomic mass is 10.1. The summed E-state index contributed by atoms with van der Waals surface area (Å²) in [6.45, 7) is 9.74. The highest BCUT2D eigenvalue weighted by molar-refractivity contribution is 5.99. The van der Waals surface area contributed by atoms with Crippen molar-refractivity contribution in [3.05, 3.63) is 58.8 Å². The average Bonchev–Trinajstić information content (AvgIpc) is 3.00. The van der Waals surface area contributed by atoms with E-state index in [-0.39, 0.29) is 18.1 Å². The van der Waals surface area contributed by atoms with Gasteiger partial charge in [-0.2, -0.15) is 0 Å². The molecule has 1 aromatic heterocycles. The van der Waals surface area contributed by atoms with Crippen LogP contribution in [0.5, 0.6) is 11.5 Å². The second kappa shape index (κ2) is 7.97. The molecule has 0 aliphatic rings. The van der Waals surface area contributed by atoms with Crippen molar-refractivity contribution in [3.8, 4) is 11.5 Å². The van der Waals surface area contributed by atoms with Crippen molar-refractivity contribution in [3.63, 3.8) is 0 Å². The van der Waals surface area contributed by atoms with Crippen LogP contribution in [0.3, 0.4) is 0 Å². The maximum atomic E-state index is 12.8. The first-order chi connectivity index (χ1) is 13.3. The Balaban J connectivity index is 1.83. The zero-order chi connectivity index (χ0) is 20.4. The average molecular weight is 381 g/mol. The normalized spacial score (nSPS) is 12.2. The second-order valence-corrected chi connectivity index (χ2v) is 7.28. The van der Waals surface area contributed by atoms with E-state index >= 15 is 0 Å². The maximum absolute atomic E-state index is 12.8. The fourth-order valence-electron chi connectivity index (χ4n) is 3.25. The van der Waals surface area contributed by atoms with E-state index in [1.54, 1.807) is 7.11 Å². The van der Waals surface area contributed by atoms with Crippen LogP contribution in [0.25, 0.3) is 11.0 Å². The third-order valence-corrected chi connectivity index (χ3v) is 4.76. The number of benzene rings is 2. The number of methoxy groups -OCH3 is 1. The van der Waals surface area contributed by atoms with E-state index in [0.717, 1.165) is 27.7 Å². The Bertz CT molecular complexity index is 1000. The molecule has 1 amide bonds. The summed E-state index contributed by atoms with van der Waals surface area (Å²) in [5.41, 5.74) is 3.54. The molecular formula is C23H27NO4. The molecule has 0 bridgehead atoms. The van der Waals surface area contributed by atoms with Crippen molar-refractivity contribution >= 4 is 16.9 Å². The van der Waals surface area contributed by atoms with Crippen LogP contribution >= 0.6 is 0 Å². The number of hydrogen-bond donors (Lipinski definition) is 1. The van der Waals surface area contributed by atoms with Gasteiger partial charge in [0.1, 0.15) is 5.58 Å². The summed E-state index contributed by atoms with van der Waals surface area (Å²) in [7, 11) is 1.61. The van der Waals surface area contributed by atoms with Gasteiger partial charge < -0.3 is 19.2 Å². The number of carbonyl (C=O) groups is 1. The predicted molar refractivity (Wildman–Crippen MR) is 110 cm³/mol. The lowest BCUT2D eigenvalue weighted by Gasteiger charge is -2.18. The van der Waals surface area contributed by atoms with Crippen molar-refractivity contribution in [2.24, 2.45) is 0 Å². The minimum atomic E-state index is -0.234. The number of para-hydroxylation sites is 1. The number of nitrogens with one attached hydrogen (secondary N) is 1. The number of hydrogen-bond acceptors (Lipinski definition) is 4. The molecule has 3 aromatic rings. The van der Waals surface area contributed by atoms with Crippen molar-refractivity contribution < 1.29 is 18.7 Å². The largest absolute Gasteiger partial charge is 0.493 e. The molecule has 5 nitrogen and oxygen atoms in total. The summed E-state index contributed by atoms with van der Waals surface area (Å²) in [6, 6.07) is 11.4. The Morgan fingerprint density at radius 1 is 1.07 bits per heavy atom. The smallest absolute Gasteiger partial charge is 0.287 e. The van der Waals surface area contributed by atoms with E-state index in [1.807, 2.05) is 71.0 Å². The van der Waals surface area contributed by atoms with Crippen molar-refractivity contribution in [2.45, 2.75) is 46.8 Å². The van der Waals surface area contributed by atoms with Crippen LogP contribution in [0.1, 0.15) is 54.1 Å². The first-order valence-electron chi connectivity index (χ1n) is 9.46. The van der Waals surface area contributed by atoms with Gasteiger partial charge in [-0.15, -0.1) is 0 Å². The number of ether oxygens (including phenoxy) is 2. The van der Waals surface area contributed by atoms with Gasteiger partial charge in [-0.1, -0.05) is 24.3 Å². The van der Waals surface area contributed by atoms with Crippen molar-refractivity contribution in [2.75, 3.05) is 7.11 Å². The zero-order valence-corrected chi connectivity index (χ0v) is 17.3. The minimum absolute atomic E-state index is 0.0522. The fraction of sp³-hybridized carbons (Fsp3) is 0.348. The Labute approximate surface area is 165 Å². The lowest BCUT2D eigenvalue weighted by Crippen LogP contribution is -2.26. The molecule has 0 spiro atoms. The molecule has 1 unspecified atom stereocenters. The number of amides is 1. The lowest BCUT2D eigenvalue weighted by molar-refractivity contribution is 0.0913. The molecule has 0 radical (unpaired) electrons. The third kappa shape index (κ3) is 3.84. The number of carbonyl (C=O) groups excluding carboxylic acids is 1. The van der Waals surface area contributed by atoms with Crippen LogP contribution in [0, 0.1) is 13.8 Å². The molecule has 148 valence electrons. The van der Waals surface area contributed by atoms with E-state index in [0.29, 0.717) is 17.3 Å². The summed E-state index contributed by atoms with van der Waals surface area (Å²) in [6.07, 6.45) is 0.0522. The van der Waals surface area contributed by atoms with E-state index < -0.39 is 0 Å². The summed E-state index contributed by atoms with van der Waals surface area (Å²) >= 11 is 0. The minimum Gasteiger partial charge on any atom is -0.493 e. The van der Waals surface area contributed by atoms with Crippen molar-refractivity contribution in [1.82, 2.24) is 5.32 Å². The van der Waals surface area contributed by atoms with Gasteiger partial charge in [0.05, 0.1) is 19.3 Å². The van der Waals surface area contributed by atoms with Crippen LogP contribution in [0.15, 0.2) is 40.8 Å². The SMILES string of the molecule is COc1cc(C(C)NC(=O)c2oc3c(C)cccc3c2C)ccc1OC(C)C. The highest BCUT2D eigenvalue weighted by Gasteiger charge is 2.21. The Kier molecular flexibility index (Phi) is 5.63. The molecule has 0 fully saturated rings. The van der Waals surface area contributed by atoms with Gasteiger partial charge in [0.2, 0.25) is 0 Å². The Hall–Kier alpha value is -2.95. The second-order valence-electron chi connectivity index (χ2n) is 7.28. The maximum Gasteiger partial charge on any atom is 0.287 e.